The molecule has 4 rings (SSSR count). The van der Waals surface area contributed by atoms with Crippen LogP contribution in [0, 0.1) is 11.3 Å². The summed E-state index contributed by atoms with van der Waals surface area (Å²) < 4.78 is 6.11. The monoisotopic (exact) mass is 469 g/mol. The van der Waals surface area contributed by atoms with Crippen LogP contribution in [0.25, 0.3) is 0 Å². The van der Waals surface area contributed by atoms with E-state index in [1.165, 1.54) is 56.3 Å². The number of unbranched alkanes of at least 4 members (excludes halogenated alkanes) is 1. The highest BCUT2D eigenvalue weighted by Crippen LogP contribution is 2.45. The van der Waals surface area contributed by atoms with Crippen molar-refractivity contribution in [2.24, 2.45) is 11.3 Å². The molecular weight excluding hydrogens is 422 g/mol. The van der Waals surface area contributed by atoms with Gasteiger partial charge < -0.3 is 14.5 Å². The van der Waals surface area contributed by atoms with Crippen molar-refractivity contribution in [3.05, 3.63) is 29.3 Å². The molecule has 3 fully saturated rings. The molecule has 0 bridgehead atoms. The van der Waals surface area contributed by atoms with Crippen LogP contribution < -0.4 is 4.90 Å². The van der Waals surface area contributed by atoms with Crippen molar-refractivity contribution in [3.8, 4) is 0 Å². The summed E-state index contributed by atoms with van der Waals surface area (Å²) in [6.45, 7) is 17.2. The maximum atomic E-state index is 11.4. The van der Waals surface area contributed by atoms with Crippen LogP contribution in [0.2, 0.25) is 0 Å². The number of carbonyl (C=O) groups excluding carboxylic acids is 1. The molecule has 190 valence electrons. The standard InChI is InChI=1S/C29H47N3O2/c1-5-6-13-30-14-16-32(17-15-30)27-20-24(28-21-31(22-33)18-19-34-28)9-12-26(27)23-7-10-25(11-8-23)29(2,3)4/h9,12,20,22-23,25,28H,5-8,10-11,13-19,21H2,1-4H3. The molecular formula is C29H47N3O2. The van der Waals surface area contributed by atoms with Crippen LogP contribution in [0.4, 0.5) is 5.69 Å². The molecule has 2 saturated heterocycles. The first-order valence-corrected chi connectivity index (χ1v) is 13.8. The Morgan fingerprint density at radius 1 is 1.03 bits per heavy atom. The van der Waals surface area contributed by atoms with Gasteiger partial charge >= 0.3 is 0 Å². The Balaban J connectivity index is 1.54. The van der Waals surface area contributed by atoms with Gasteiger partial charge in [0, 0.05) is 38.4 Å². The van der Waals surface area contributed by atoms with Crippen molar-refractivity contribution in [1.82, 2.24) is 9.80 Å². The van der Waals surface area contributed by atoms with E-state index in [2.05, 4.69) is 55.7 Å². The van der Waals surface area contributed by atoms with Crippen LogP contribution in [-0.4, -0.2) is 68.6 Å². The Kier molecular flexibility index (Phi) is 8.57. The lowest BCUT2D eigenvalue weighted by Crippen LogP contribution is -2.47. The predicted molar refractivity (Wildman–Crippen MR) is 140 cm³/mol. The summed E-state index contributed by atoms with van der Waals surface area (Å²) >= 11 is 0. The second-order valence-corrected chi connectivity index (χ2v) is 11.9. The maximum Gasteiger partial charge on any atom is 0.209 e. The quantitative estimate of drug-likeness (QED) is 0.497. The normalized spacial score (nSPS) is 27.1. The third-order valence-electron chi connectivity index (χ3n) is 8.61. The average Bonchev–Trinajstić information content (AvgIpc) is 2.87. The largest absolute Gasteiger partial charge is 0.370 e. The Morgan fingerprint density at radius 3 is 2.41 bits per heavy atom. The SMILES string of the molecule is CCCCN1CCN(c2cc(C3CN(C=O)CCO3)ccc2C2CCC(C(C)(C)C)CC2)CC1. The van der Waals surface area contributed by atoms with E-state index in [1.807, 2.05) is 4.90 Å². The van der Waals surface area contributed by atoms with E-state index < -0.39 is 0 Å². The summed E-state index contributed by atoms with van der Waals surface area (Å²) in [6.07, 6.45) is 8.77. The molecule has 1 aliphatic carbocycles. The average molecular weight is 470 g/mol. The first kappa shape index (κ1) is 25.5. The number of morpholine rings is 1. The fraction of sp³-hybridized carbons (Fsp3) is 0.759. The van der Waals surface area contributed by atoms with Crippen LogP contribution in [0.5, 0.6) is 0 Å². The van der Waals surface area contributed by atoms with E-state index in [1.54, 1.807) is 5.56 Å². The number of piperazine rings is 1. The number of nitrogens with zero attached hydrogens (tertiary/aromatic N) is 3. The molecule has 1 saturated carbocycles. The van der Waals surface area contributed by atoms with Crippen molar-refractivity contribution < 1.29 is 9.53 Å². The van der Waals surface area contributed by atoms with Gasteiger partial charge in [-0.1, -0.05) is 46.2 Å². The highest BCUT2D eigenvalue weighted by molar-refractivity contribution is 5.58. The molecule has 1 amide bonds. The summed E-state index contributed by atoms with van der Waals surface area (Å²) in [4.78, 5) is 18.5. The summed E-state index contributed by atoms with van der Waals surface area (Å²) in [5.74, 6) is 1.48. The minimum atomic E-state index is -0.0192. The van der Waals surface area contributed by atoms with Crippen LogP contribution >= 0.6 is 0 Å². The number of ether oxygens (including phenoxy) is 1. The Hall–Kier alpha value is -1.59. The number of amides is 1. The molecule has 0 aromatic heterocycles. The third-order valence-corrected chi connectivity index (χ3v) is 8.61. The molecule has 0 spiro atoms. The van der Waals surface area contributed by atoms with Gasteiger partial charge in [0.05, 0.1) is 13.2 Å². The number of benzene rings is 1. The van der Waals surface area contributed by atoms with E-state index in [0.29, 0.717) is 31.0 Å². The summed E-state index contributed by atoms with van der Waals surface area (Å²) in [5, 5.41) is 0. The topological polar surface area (TPSA) is 36.0 Å². The van der Waals surface area contributed by atoms with Crippen LogP contribution in [0.1, 0.15) is 89.4 Å². The van der Waals surface area contributed by atoms with E-state index in [0.717, 1.165) is 38.5 Å². The first-order valence-electron chi connectivity index (χ1n) is 13.8. The Bertz CT molecular complexity index is 789. The fourth-order valence-corrected chi connectivity index (χ4v) is 6.21. The zero-order valence-electron chi connectivity index (χ0n) is 22.1. The second kappa shape index (κ2) is 11.4. The number of rotatable bonds is 7. The zero-order valence-corrected chi connectivity index (χ0v) is 22.1. The van der Waals surface area contributed by atoms with Crippen LogP contribution in [-0.2, 0) is 9.53 Å². The molecule has 2 aliphatic heterocycles. The molecule has 2 heterocycles. The summed E-state index contributed by atoms with van der Waals surface area (Å²) in [6, 6.07) is 7.09. The van der Waals surface area contributed by atoms with Gasteiger partial charge in [-0.05, 0) is 73.1 Å². The van der Waals surface area contributed by atoms with Crippen LogP contribution in [0.15, 0.2) is 18.2 Å². The van der Waals surface area contributed by atoms with Crippen molar-refractivity contribution in [2.75, 3.05) is 57.3 Å². The minimum Gasteiger partial charge on any atom is -0.370 e. The second-order valence-electron chi connectivity index (χ2n) is 11.9. The Labute approximate surface area is 207 Å². The smallest absolute Gasteiger partial charge is 0.209 e. The summed E-state index contributed by atoms with van der Waals surface area (Å²) in [5.41, 5.74) is 4.61. The lowest BCUT2D eigenvalue weighted by atomic mass is 9.68. The van der Waals surface area contributed by atoms with Gasteiger partial charge in [0.2, 0.25) is 6.41 Å². The van der Waals surface area contributed by atoms with Gasteiger partial charge in [-0.15, -0.1) is 0 Å². The van der Waals surface area contributed by atoms with Gasteiger partial charge in [-0.2, -0.15) is 0 Å². The van der Waals surface area contributed by atoms with Crippen molar-refractivity contribution >= 4 is 12.1 Å². The molecule has 5 nitrogen and oxygen atoms in total. The number of carbonyl (C=O) groups is 1. The van der Waals surface area contributed by atoms with E-state index >= 15 is 0 Å². The molecule has 0 radical (unpaired) electrons. The highest BCUT2D eigenvalue weighted by Gasteiger charge is 2.32. The van der Waals surface area contributed by atoms with Gasteiger partial charge in [0.25, 0.3) is 0 Å². The first-order chi connectivity index (χ1) is 16.4. The van der Waals surface area contributed by atoms with Crippen LogP contribution in [0.3, 0.4) is 0 Å². The Morgan fingerprint density at radius 2 is 1.76 bits per heavy atom. The van der Waals surface area contributed by atoms with Crippen molar-refractivity contribution in [2.45, 2.75) is 78.2 Å². The van der Waals surface area contributed by atoms with Crippen molar-refractivity contribution in [1.29, 1.82) is 0 Å². The zero-order chi connectivity index (χ0) is 24.1. The van der Waals surface area contributed by atoms with E-state index in [-0.39, 0.29) is 6.10 Å². The van der Waals surface area contributed by atoms with E-state index in [4.69, 9.17) is 4.74 Å². The lowest BCUT2D eigenvalue weighted by Gasteiger charge is -2.41. The minimum absolute atomic E-state index is 0.0192. The molecule has 1 atom stereocenters. The highest BCUT2D eigenvalue weighted by atomic mass is 16.5. The summed E-state index contributed by atoms with van der Waals surface area (Å²) in [7, 11) is 0. The lowest BCUT2D eigenvalue weighted by molar-refractivity contribution is -0.125. The number of hydrogen-bond acceptors (Lipinski definition) is 4. The molecule has 34 heavy (non-hydrogen) atoms. The number of anilines is 1. The fourth-order valence-electron chi connectivity index (χ4n) is 6.21. The molecule has 0 N–H and O–H groups in total. The molecule has 1 aromatic rings. The molecule has 1 aromatic carbocycles. The number of hydrogen-bond donors (Lipinski definition) is 0. The molecule has 5 heteroatoms. The molecule has 3 aliphatic rings. The van der Waals surface area contributed by atoms with Crippen molar-refractivity contribution in [3.63, 3.8) is 0 Å². The maximum absolute atomic E-state index is 11.4. The molecule has 1 unspecified atom stereocenters. The van der Waals surface area contributed by atoms with Gasteiger partial charge in [0.15, 0.2) is 0 Å². The van der Waals surface area contributed by atoms with Gasteiger partial charge in [-0.25, -0.2) is 0 Å². The third kappa shape index (κ3) is 6.15. The van der Waals surface area contributed by atoms with E-state index in [9.17, 15) is 4.79 Å². The van der Waals surface area contributed by atoms with Gasteiger partial charge in [0.1, 0.15) is 6.10 Å². The van der Waals surface area contributed by atoms with Gasteiger partial charge in [-0.3, -0.25) is 9.69 Å². The predicted octanol–water partition coefficient (Wildman–Crippen LogP) is 5.46.